The summed E-state index contributed by atoms with van der Waals surface area (Å²) in [6.07, 6.45) is 6.41. The maximum absolute atomic E-state index is 12.6. The summed E-state index contributed by atoms with van der Waals surface area (Å²) >= 11 is 0. The van der Waals surface area contributed by atoms with Gasteiger partial charge in [-0.2, -0.15) is 0 Å². The quantitative estimate of drug-likeness (QED) is 0.724. The normalized spacial score (nSPS) is 19.0. The van der Waals surface area contributed by atoms with Gasteiger partial charge in [-0.3, -0.25) is 0 Å². The van der Waals surface area contributed by atoms with Gasteiger partial charge in [0.1, 0.15) is 0 Å². The Labute approximate surface area is 117 Å². The minimum atomic E-state index is 0.181. The van der Waals surface area contributed by atoms with E-state index in [-0.39, 0.29) is 6.04 Å². The molecule has 2 heteroatoms. The minimum absolute atomic E-state index is 0.181. The lowest BCUT2D eigenvalue weighted by Crippen LogP contribution is -2.41. The highest BCUT2D eigenvalue weighted by Gasteiger charge is 2.27. The van der Waals surface area contributed by atoms with Crippen molar-refractivity contribution < 1.29 is 0 Å². The van der Waals surface area contributed by atoms with E-state index >= 15 is 0 Å². The number of hydrogen-bond donors (Lipinski definition) is 0. The van der Waals surface area contributed by atoms with Crippen molar-refractivity contribution in [2.75, 3.05) is 0 Å². The van der Waals surface area contributed by atoms with E-state index in [9.17, 15) is 5.21 Å². The SMILES string of the molecule is CC(C)C(C1CCCCC1)N([O-])Cc1ccccc1. The van der Waals surface area contributed by atoms with Gasteiger partial charge in [-0.1, -0.05) is 63.4 Å². The molecule has 1 aliphatic carbocycles. The lowest BCUT2D eigenvalue weighted by molar-refractivity contribution is 0.117. The van der Waals surface area contributed by atoms with Crippen LogP contribution in [0.25, 0.3) is 0 Å². The Bertz CT molecular complexity index is 357. The Hall–Kier alpha value is -0.860. The van der Waals surface area contributed by atoms with Crippen molar-refractivity contribution in [3.63, 3.8) is 0 Å². The molecule has 0 aromatic heterocycles. The predicted octanol–water partition coefficient (Wildman–Crippen LogP) is 4.59. The number of hydrogen-bond acceptors (Lipinski definition) is 2. The smallest absolute Gasteiger partial charge is 0.0116 e. The van der Waals surface area contributed by atoms with Crippen molar-refractivity contribution >= 4 is 0 Å². The van der Waals surface area contributed by atoms with E-state index < -0.39 is 0 Å². The van der Waals surface area contributed by atoms with Crippen LogP contribution < -0.4 is 0 Å². The summed E-state index contributed by atoms with van der Waals surface area (Å²) in [6, 6.07) is 10.3. The zero-order chi connectivity index (χ0) is 13.7. The van der Waals surface area contributed by atoms with Crippen LogP contribution in [0, 0.1) is 17.0 Å². The van der Waals surface area contributed by atoms with Gasteiger partial charge in [0.15, 0.2) is 0 Å². The number of nitrogens with zero attached hydrogens (tertiary/aromatic N) is 1. The van der Waals surface area contributed by atoms with E-state index in [0.29, 0.717) is 18.4 Å². The lowest BCUT2D eigenvalue weighted by atomic mass is 9.79. The largest absolute Gasteiger partial charge is 0.785 e. The molecule has 2 rings (SSSR count). The van der Waals surface area contributed by atoms with E-state index in [1.165, 1.54) is 37.2 Å². The molecule has 1 aliphatic rings. The monoisotopic (exact) mass is 260 g/mol. The van der Waals surface area contributed by atoms with Gasteiger partial charge in [0.2, 0.25) is 0 Å². The van der Waals surface area contributed by atoms with E-state index in [4.69, 9.17) is 0 Å². The molecule has 1 aromatic rings. The summed E-state index contributed by atoms with van der Waals surface area (Å²) in [7, 11) is 0. The van der Waals surface area contributed by atoms with Crippen LogP contribution in [0.15, 0.2) is 30.3 Å². The summed E-state index contributed by atoms with van der Waals surface area (Å²) < 4.78 is 0. The first-order valence-corrected chi connectivity index (χ1v) is 7.66. The molecule has 19 heavy (non-hydrogen) atoms. The Balaban J connectivity index is 2.01. The van der Waals surface area contributed by atoms with Crippen LogP contribution in [-0.4, -0.2) is 11.1 Å². The molecule has 106 valence electrons. The first-order chi connectivity index (χ1) is 9.18. The highest BCUT2D eigenvalue weighted by atomic mass is 16.5. The molecule has 0 saturated heterocycles. The molecule has 0 bridgehead atoms. The first-order valence-electron chi connectivity index (χ1n) is 7.66. The zero-order valence-corrected chi connectivity index (χ0v) is 12.2. The second-order valence-electron chi connectivity index (χ2n) is 6.19. The van der Waals surface area contributed by atoms with Gasteiger partial charge < -0.3 is 10.3 Å². The third-order valence-electron chi connectivity index (χ3n) is 4.33. The third-order valence-corrected chi connectivity index (χ3v) is 4.33. The summed E-state index contributed by atoms with van der Waals surface area (Å²) in [5, 5.41) is 13.9. The molecule has 0 heterocycles. The molecule has 0 amide bonds. The molecular formula is C17H26NO-. The van der Waals surface area contributed by atoms with E-state index in [1.807, 2.05) is 30.3 Å². The van der Waals surface area contributed by atoms with Crippen LogP contribution in [-0.2, 0) is 6.54 Å². The van der Waals surface area contributed by atoms with Gasteiger partial charge in [0.05, 0.1) is 0 Å². The fraction of sp³-hybridized carbons (Fsp3) is 0.647. The highest BCUT2D eigenvalue weighted by molar-refractivity contribution is 5.14. The predicted molar refractivity (Wildman–Crippen MR) is 80.6 cm³/mol. The third kappa shape index (κ3) is 4.05. The van der Waals surface area contributed by atoms with Crippen molar-refractivity contribution in [3.8, 4) is 0 Å². The fourth-order valence-electron chi connectivity index (χ4n) is 3.46. The Morgan fingerprint density at radius 2 is 1.74 bits per heavy atom. The lowest BCUT2D eigenvalue weighted by Gasteiger charge is -2.45. The molecule has 1 fully saturated rings. The van der Waals surface area contributed by atoms with Gasteiger partial charge in [0.25, 0.3) is 0 Å². The molecule has 0 spiro atoms. The van der Waals surface area contributed by atoms with Crippen molar-refractivity contribution in [1.82, 2.24) is 5.06 Å². The van der Waals surface area contributed by atoms with E-state index in [0.717, 1.165) is 5.56 Å². The average molecular weight is 260 g/mol. The van der Waals surface area contributed by atoms with Crippen LogP contribution in [0.5, 0.6) is 0 Å². The maximum atomic E-state index is 12.6. The van der Waals surface area contributed by atoms with Gasteiger partial charge in [0, 0.05) is 12.6 Å². The summed E-state index contributed by atoms with van der Waals surface area (Å²) in [5.74, 6) is 1.03. The number of benzene rings is 1. The van der Waals surface area contributed by atoms with Crippen LogP contribution in [0.4, 0.5) is 0 Å². The Morgan fingerprint density at radius 1 is 1.11 bits per heavy atom. The molecule has 1 aromatic carbocycles. The van der Waals surface area contributed by atoms with Crippen LogP contribution in [0.2, 0.25) is 0 Å². The Morgan fingerprint density at radius 3 is 2.32 bits per heavy atom. The van der Waals surface area contributed by atoms with Gasteiger partial charge in [-0.25, -0.2) is 0 Å². The van der Waals surface area contributed by atoms with Gasteiger partial charge >= 0.3 is 0 Å². The van der Waals surface area contributed by atoms with E-state index in [2.05, 4.69) is 13.8 Å². The molecule has 2 nitrogen and oxygen atoms in total. The topological polar surface area (TPSA) is 26.3 Å². The van der Waals surface area contributed by atoms with Gasteiger partial charge in [-0.15, -0.1) is 0 Å². The van der Waals surface area contributed by atoms with Crippen molar-refractivity contribution in [2.45, 2.75) is 58.5 Å². The zero-order valence-electron chi connectivity index (χ0n) is 12.2. The molecule has 1 unspecified atom stereocenters. The molecule has 0 N–H and O–H groups in total. The minimum Gasteiger partial charge on any atom is -0.785 e. The maximum Gasteiger partial charge on any atom is 0.0116 e. The van der Waals surface area contributed by atoms with E-state index in [1.54, 1.807) is 0 Å². The van der Waals surface area contributed by atoms with Gasteiger partial charge in [-0.05, 0) is 30.2 Å². The van der Waals surface area contributed by atoms with Crippen molar-refractivity contribution in [1.29, 1.82) is 0 Å². The van der Waals surface area contributed by atoms with Crippen LogP contribution in [0.1, 0.15) is 51.5 Å². The van der Waals surface area contributed by atoms with Crippen LogP contribution >= 0.6 is 0 Å². The second-order valence-corrected chi connectivity index (χ2v) is 6.19. The Kier molecular flexibility index (Phi) is 5.41. The standard InChI is InChI=1S/C17H26NO/c1-14(2)17(16-11-7-4-8-12-16)18(19)13-15-9-5-3-6-10-15/h3,5-6,9-10,14,16-17H,4,7-8,11-13H2,1-2H3/q-1. The summed E-state index contributed by atoms with van der Waals surface area (Å²) in [4.78, 5) is 0. The fourth-order valence-corrected chi connectivity index (χ4v) is 3.46. The van der Waals surface area contributed by atoms with Crippen LogP contribution in [0.3, 0.4) is 0 Å². The van der Waals surface area contributed by atoms with Crippen molar-refractivity contribution in [3.05, 3.63) is 41.1 Å². The highest BCUT2D eigenvalue weighted by Crippen LogP contribution is 2.32. The van der Waals surface area contributed by atoms with Crippen molar-refractivity contribution in [2.24, 2.45) is 11.8 Å². The summed E-state index contributed by atoms with van der Waals surface area (Å²) in [5.41, 5.74) is 1.12. The molecule has 0 radical (unpaired) electrons. The molecule has 1 atom stereocenters. The number of hydroxylamine groups is 2. The summed E-state index contributed by atoms with van der Waals surface area (Å²) in [6.45, 7) is 4.91. The first kappa shape index (κ1) is 14.5. The average Bonchev–Trinajstić information content (AvgIpc) is 2.40. The number of rotatable bonds is 5. The molecule has 0 aliphatic heterocycles. The molecular weight excluding hydrogens is 234 g/mol. The molecule has 1 saturated carbocycles. The second kappa shape index (κ2) is 7.06.